The van der Waals surface area contributed by atoms with Crippen LogP contribution in [-0.4, -0.2) is 4.43 Å². The summed E-state index contributed by atoms with van der Waals surface area (Å²) in [5.74, 6) is 0. The highest BCUT2D eigenvalue weighted by atomic mass is 127. The van der Waals surface area contributed by atoms with Crippen molar-refractivity contribution < 1.29 is 0 Å². The zero-order valence-corrected chi connectivity index (χ0v) is 6.49. The quantitative estimate of drug-likeness (QED) is 0.519. The Balaban J connectivity index is 2.19. The highest BCUT2D eigenvalue weighted by molar-refractivity contribution is 14.1. The fourth-order valence-corrected chi connectivity index (χ4v) is 1.44. The molecule has 0 aromatic rings. The van der Waals surface area contributed by atoms with E-state index in [4.69, 9.17) is 0 Å². The Hall–Kier alpha value is 1.21. The molecule has 0 aromatic heterocycles. The molecule has 0 rings (SSSR count). The molecule has 0 aliphatic carbocycles. The van der Waals surface area contributed by atoms with E-state index >= 15 is 0 Å². The summed E-state index contributed by atoms with van der Waals surface area (Å²) in [6.07, 6.45) is 1.17. The average molecular weight is 248 g/mol. The molecule has 0 saturated carbocycles. The minimum atomic E-state index is 1.17. The van der Waals surface area contributed by atoms with E-state index in [-0.39, 0.29) is 0 Å². The lowest BCUT2D eigenvalue weighted by atomic mass is 10.6. The summed E-state index contributed by atoms with van der Waals surface area (Å²) in [5.41, 5.74) is 0. The Morgan fingerprint density at radius 1 is 1.80 bits per heavy atom. The van der Waals surface area contributed by atoms with Crippen LogP contribution in [0.15, 0.2) is 0 Å². The van der Waals surface area contributed by atoms with Gasteiger partial charge in [-0.05, 0) is 6.42 Å². The monoisotopic (exact) mass is 247 g/mol. The molecule has 0 aliphatic rings. The van der Waals surface area contributed by atoms with Crippen LogP contribution in [0, 0.1) is 5.33 Å². The second-order valence-electron chi connectivity index (χ2n) is 0.632. The van der Waals surface area contributed by atoms with Gasteiger partial charge in [-0.15, -0.1) is 0 Å². The van der Waals surface area contributed by atoms with Crippen molar-refractivity contribution in [3.05, 3.63) is 5.33 Å². The van der Waals surface area contributed by atoms with Crippen LogP contribution in [0.4, 0.5) is 0 Å². The Kier molecular flexibility index (Phi) is 6.47. The lowest BCUT2D eigenvalue weighted by Gasteiger charge is -1.75. The van der Waals surface area contributed by atoms with Gasteiger partial charge in [-0.1, -0.05) is 38.5 Å². The van der Waals surface area contributed by atoms with Gasteiger partial charge in [0, 0.05) is 9.76 Å². The Bertz CT molecular complexity index is 14.4. The summed E-state index contributed by atoms with van der Waals surface area (Å²) in [6.45, 7) is 0. The van der Waals surface area contributed by atoms with Gasteiger partial charge in [0.05, 0.1) is 0 Å². The Morgan fingerprint density at radius 3 is 2.40 bits per heavy atom. The van der Waals surface area contributed by atoms with E-state index in [0.29, 0.717) is 0 Å². The van der Waals surface area contributed by atoms with Gasteiger partial charge >= 0.3 is 0 Å². The van der Waals surface area contributed by atoms with Crippen LogP contribution in [-0.2, 0) is 0 Å². The van der Waals surface area contributed by atoms with Crippen LogP contribution >= 0.6 is 38.5 Å². The lowest BCUT2D eigenvalue weighted by molar-refractivity contribution is 1.26. The second-order valence-corrected chi connectivity index (χ2v) is 2.36. The lowest BCUT2D eigenvalue weighted by Crippen LogP contribution is -1.62. The summed E-state index contributed by atoms with van der Waals surface area (Å²) in [4.78, 5) is 0. The first kappa shape index (κ1) is 6.21. The standard InChI is InChI=1S/C3H5BrI/c4-2-1-3-5/h2H,1,3H2. The summed E-state index contributed by atoms with van der Waals surface area (Å²) >= 11 is 5.51. The molecule has 0 unspecified atom stereocenters. The van der Waals surface area contributed by atoms with Crippen LogP contribution in [0.5, 0.6) is 0 Å². The van der Waals surface area contributed by atoms with Crippen molar-refractivity contribution in [1.82, 2.24) is 0 Å². The largest absolute Gasteiger partial charge is 0.0878 e. The molecule has 31 valence electrons. The van der Waals surface area contributed by atoms with Crippen molar-refractivity contribution in [3.63, 3.8) is 0 Å². The summed E-state index contributed by atoms with van der Waals surface area (Å²) in [5, 5.41) is 1.99. The molecule has 0 amide bonds. The van der Waals surface area contributed by atoms with Crippen molar-refractivity contribution in [3.8, 4) is 0 Å². The highest BCUT2D eigenvalue weighted by Crippen LogP contribution is 1.97. The maximum absolute atomic E-state index is 3.18. The first-order valence-corrected chi connectivity index (χ1v) is 3.83. The van der Waals surface area contributed by atoms with E-state index in [0.717, 1.165) is 0 Å². The zero-order chi connectivity index (χ0) is 4.12. The third-order valence-electron chi connectivity index (χ3n) is 0.218. The zero-order valence-electron chi connectivity index (χ0n) is 2.75. The highest BCUT2D eigenvalue weighted by Gasteiger charge is 1.72. The first-order chi connectivity index (χ1) is 2.41. The van der Waals surface area contributed by atoms with Crippen LogP contribution in [0.2, 0.25) is 0 Å². The number of hydrogen-bond acceptors (Lipinski definition) is 0. The van der Waals surface area contributed by atoms with Gasteiger partial charge in [0.1, 0.15) is 0 Å². The topological polar surface area (TPSA) is 0 Å². The van der Waals surface area contributed by atoms with E-state index in [1.54, 1.807) is 0 Å². The van der Waals surface area contributed by atoms with Gasteiger partial charge in [0.15, 0.2) is 0 Å². The molecular formula is C3H5BrI. The summed E-state index contributed by atoms with van der Waals surface area (Å²) in [7, 11) is 0. The van der Waals surface area contributed by atoms with Crippen LogP contribution in [0.25, 0.3) is 0 Å². The van der Waals surface area contributed by atoms with Gasteiger partial charge in [-0.2, -0.15) is 0 Å². The molecule has 1 radical (unpaired) electrons. The smallest absolute Gasteiger partial charge is 0.0278 e. The van der Waals surface area contributed by atoms with Crippen molar-refractivity contribution >= 4 is 38.5 Å². The third-order valence-corrected chi connectivity index (χ3v) is 1.30. The maximum atomic E-state index is 3.18. The summed E-state index contributed by atoms with van der Waals surface area (Å²) in [6, 6.07) is 0. The fourth-order valence-electron chi connectivity index (χ4n) is 0.0412. The van der Waals surface area contributed by atoms with E-state index in [1.807, 2.05) is 5.33 Å². The second kappa shape index (κ2) is 5.21. The minimum Gasteiger partial charge on any atom is -0.0878 e. The van der Waals surface area contributed by atoms with Crippen molar-refractivity contribution in [2.45, 2.75) is 6.42 Å². The molecule has 0 heterocycles. The van der Waals surface area contributed by atoms with E-state index in [1.165, 1.54) is 10.8 Å². The fraction of sp³-hybridized carbons (Fsp3) is 0.667. The molecule has 0 spiro atoms. The molecule has 0 N–H and O–H groups in total. The number of hydrogen-bond donors (Lipinski definition) is 0. The molecule has 5 heavy (non-hydrogen) atoms. The number of alkyl halides is 1. The van der Waals surface area contributed by atoms with Crippen molar-refractivity contribution in [2.75, 3.05) is 4.43 Å². The molecule has 0 aromatic carbocycles. The molecule has 0 nitrogen and oxygen atoms in total. The van der Waals surface area contributed by atoms with E-state index in [2.05, 4.69) is 38.5 Å². The molecule has 0 fully saturated rings. The van der Waals surface area contributed by atoms with E-state index < -0.39 is 0 Å². The van der Waals surface area contributed by atoms with Gasteiger partial charge in [0.2, 0.25) is 0 Å². The molecule has 0 atom stereocenters. The molecule has 0 bridgehead atoms. The van der Waals surface area contributed by atoms with Gasteiger partial charge in [-0.25, -0.2) is 0 Å². The Labute approximate surface area is 54.6 Å². The third kappa shape index (κ3) is 5.21. The average Bonchev–Trinajstić information content (AvgIpc) is 1.41. The van der Waals surface area contributed by atoms with Gasteiger partial charge in [0.25, 0.3) is 0 Å². The molecule has 0 saturated heterocycles. The summed E-state index contributed by atoms with van der Waals surface area (Å²) < 4.78 is 1.21. The molecular weight excluding hydrogens is 243 g/mol. The maximum Gasteiger partial charge on any atom is 0.0278 e. The van der Waals surface area contributed by atoms with Crippen LogP contribution in [0.1, 0.15) is 6.42 Å². The van der Waals surface area contributed by atoms with Gasteiger partial charge in [-0.3, -0.25) is 0 Å². The molecule has 0 aliphatic heterocycles. The first-order valence-electron chi connectivity index (χ1n) is 1.39. The number of rotatable bonds is 2. The molecule has 2 heteroatoms. The SMILES string of the molecule is Br[CH]CCI. The van der Waals surface area contributed by atoms with Crippen LogP contribution in [0.3, 0.4) is 0 Å². The normalized spacial score (nSPS) is 8.40. The predicted octanol–water partition coefficient (Wildman–Crippen LogP) is 2.37. The minimum absolute atomic E-state index is 1.17. The number of halogens is 2. The van der Waals surface area contributed by atoms with Crippen molar-refractivity contribution in [2.24, 2.45) is 0 Å². The van der Waals surface area contributed by atoms with Crippen LogP contribution < -0.4 is 0 Å². The van der Waals surface area contributed by atoms with Gasteiger partial charge < -0.3 is 0 Å². The Morgan fingerprint density at radius 2 is 2.40 bits per heavy atom. The van der Waals surface area contributed by atoms with Crippen molar-refractivity contribution in [1.29, 1.82) is 0 Å². The predicted molar refractivity (Wildman–Crippen MR) is 36.7 cm³/mol. The van der Waals surface area contributed by atoms with E-state index in [9.17, 15) is 0 Å².